The van der Waals surface area contributed by atoms with E-state index < -0.39 is 0 Å². The third kappa shape index (κ3) is 6.43. The van der Waals surface area contributed by atoms with Crippen molar-refractivity contribution < 1.29 is 4.74 Å². The van der Waals surface area contributed by atoms with Gasteiger partial charge in [0.15, 0.2) is 5.96 Å². The van der Waals surface area contributed by atoms with Crippen LogP contribution in [0, 0.1) is 5.92 Å². The second kappa shape index (κ2) is 10.3. The molecule has 1 aliphatic rings. The molecule has 2 aromatic heterocycles. The number of pyridine rings is 1. The van der Waals surface area contributed by atoms with E-state index in [1.165, 1.54) is 12.8 Å². The second-order valence-electron chi connectivity index (χ2n) is 6.11. The minimum absolute atomic E-state index is 0. The molecule has 1 fully saturated rings. The molecule has 0 aliphatic heterocycles. The average Bonchev–Trinajstić information content (AvgIpc) is 3.37. The highest BCUT2D eigenvalue weighted by atomic mass is 127. The standard InChI is InChI=1S/C17H25N7O.HI/c1-3-18-17(21-10-15-22-12-23-24(15)2)20-9-14-6-7-19-16(8-14)25-11-13-4-5-13;/h6-8,12-13H,3-5,9-11H2,1-2H3,(H2,18,20,21);1H. The molecule has 1 saturated carbocycles. The lowest BCUT2D eigenvalue weighted by Crippen LogP contribution is -2.37. The lowest BCUT2D eigenvalue weighted by Gasteiger charge is -2.11. The van der Waals surface area contributed by atoms with Crippen LogP contribution in [-0.2, 0) is 20.1 Å². The predicted octanol–water partition coefficient (Wildman–Crippen LogP) is 1.87. The van der Waals surface area contributed by atoms with E-state index in [9.17, 15) is 0 Å². The zero-order valence-corrected chi connectivity index (χ0v) is 17.5. The Morgan fingerprint density at radius 1 is 1.35 bits per heavy atom. The first-order valence-corrected chi connectivity index (χ1v) is 8.67. The molecule has 0 bridgehead atoms. The summed E-state index contributed by atoms with van der Waals surface area (Å²) >= 11 is 0. The monoisotopic (exact) mass is 471 g/mol. The first kappa shape index (κ1) is 20.4. The Kier molecular flexibility index (Phi) is 8.07. The first-order chi connectivity index (χ1) is 12.2. The van der Waals surface area contributed by atoms with Gasteiger partial charge in [-0.2, -0.15) is 5.10 Å². The zero-order chi connectivity index (χ0) is 17.5. The molecule has 142 valence electrons. The van der Waals surface area contributed by atoms with Crippen molar-refractivity contribution in [1.82, 2.24) is 30.4 Å². The van der Waals surface area contributed by atoms with Crippen LogP contribution in [0.3, 0.4) is 0 Å². The lowest BCUT2D eigenvalue weighted by atomic mass is 10.3. The van der Waals surface area contributed by atoms with E-state index in [0.29, 0.717) is 24.9 Å². The summed E-state index contributed by atoms with van der Waals surface area (Å²) in [6.07, 6.45) is 5.86. The Morgan fingerprint density at radius 3 is 2.88 bits per heavy atom. The van der Waals surface area contributed by atoms with E-state index in [2.05, 4.69) is 30.7 Å². The van der Waals surface area contributed by atoms with Gasteiger partial charge in [-0.15, -0.1) is 24.0 Å². The molecule has 0 radical (unpaired) electrons. The molecule has 2 heterocycles. The number of rotatable bonds is 8. The normalized spacial score (nSPS) is 13.8. The molecular formula is C17H26IN7O. The van der Waals surface area contributed by atoms with Gasteiger partial charge in [-0.05, 0) is 37.3 Å². The SMILES string of the molecule is CCNC(=NCc1ccnc(OCC2CC2)c1)NCc1ncnn1C.I. The Hall–Kier alpha value is -1.91. The van der Waals surface area contributed by atoms with Gasteiger partial charge in [0.2, 0.25) is 5.88 Å². The van der Waals surface area contributed by atoms with Crippen molar-refractivity contribution in [3.05, 3.63) is 36.0 Å². The van der Waals surface area contributed by atoms with Gasteiger partial charge < -0.3 is 15.4 Å². The number of guanidine groups is 1. The van der Waals surface area contributed by atoms with Gasteiger partial charge >= 0.3 is 0 Å². The van der Waals surface area contributed by atoms with Gasteiger partial charge in [-0.1, -0.05) is 0 Å². The fourth-order valence-electron chi connectivity index (χ4n) is 2.27. The lowest BCUT2D eigenvalue weighted by molar-refractivity contribution is 0.288. The van der Waals surface area contributed by atoms with Gasteiger partial charge in [0, 0.05) is 25.9 Å². The molecule has 2 aromatic rings. The van der Waals surface area contributed by atoms with Crippen molar-refractivity contribution in [2.75, 3.05) is 13.2 Å². The summed E-state index contributed by atoms with van der Waals surface area (Å²) in [6, 6.07) is 3.91. The Morgan fingerprint density at radius 2 is 2.19 bits per heavy atom. The van der Waals surface area contributed by atoms with Crippen molar-refractivity contribution in [2.24, 2.45) is 18.0 Å². The third-order valence-corrected chi connectivity index (χ3v) is 3.95. The van der Waals surface area contributed by atoms with Gasteiger partial charge in [-0.25, -0.2) is 15.0 Å². The molecule has 0 saturated heterocycles. The summed E-state index contributed by atoms with van der Waals surface area (Å²) in [5, 5.41) is 10.6. The molecule has 8 nitrogen and oxygen atoms in total. The molecule has 1 aliphatic carbocycles. The van der Waals surface area contributed by atoms with Crippen molar-refractivity contribution in [3.63, 3.8) is 0 Å². The topological polar surface area (TPSA) is 89.2 Å². The first-order valence-electron chi connectivity index (χ1n) is 8.67. The summed E-state index contributed by atoms with van der Waals surface area (Å²) in [4.78, 5) is 13.1. The second-order valence-corrected chi connectivity index (χ2v) is 6.11. The van der Waals surface area contributed by atoms with Crippen molar-refractivity contribution in [1.29, 1.82) is 0 Å². The number of nitrogens with zero attached hydrogens (tertiary/aromatic N) is 5. The minimum Gasteiger partial charge on any atom is -0.477 e. The summed E-state index contributed by atoms with van der Waals surface area (Å²) < 4.78 is 7.46. The van der Waals surface area contributed by atoms with Crippen LogP contribution < -0.4 is 15.4 Å². The van der Waals surface area contributed by atoms with Crippen molar-refractivity contribution >= 4 is 29.9 Å². The van der Waals surface area contributed by atoms with E-state index in [1.807, 2.05) is 26.1 Å². The molecule has 26 heavy (non-hydrogen) atoms. The fourth-order valence-corrected chi connectivity index (χ4v) is 2.27. The molecule has 2 N–H and O–H groups in total. The van der Waals surface area contributed by atoms with Crippen molar-refractivity contribution in [3.8, 4) is 5.88 Å². The fraction of sp³-hybridized carbons (Fsp3) is 0.529. The summed E-state index contributed by atoms with van der Waals surface area (Å²) in [6.45, 7) is 4.71. The van der Waals surface area contributed by atoms with Crippen LogP contribution in [0.1, 0.15) is 31.2 Å². The third-order valence-electron chi connectivity index (χ3n) is 3.95. The highest BCUT2D eigenvalue weighted by Gasteiger charge is 2.22. The van der Waals surface area contributed by atoms with Crippen LogP contribution in [0.5, 0.6) is 5.88 Å². The van der Waals surface area contributed by atoms with Crippen LogP contribution in [-0.4, -0.2) is 38.9 Å². The summed E-state index contributed by atoms with van der Waals surface area (Å²) in [5.74, 6) is 2.98. The maximum Gasteiger partial charge on any atom is 0.213 e. The molecule has 0 atom stereocenters. The van der Waals surface area contributed by atoms with Gasteiger partial charge in [0.05, 0.1) is 19.7 Å². The van der Waals surface area contributed by atoms with E-state index in [-0.39, 0.29) is 24.0 Å². The molecule has 0 amide bonds. The summed E-state index contributed by atoms with van der Waals surface area (Å²) in [5.41, 5.74) is 1.07. The molecule has 0 aromatic carbocycles. The number of aliphatic imine (C=N–C) groups is 1. The molecule has 3 rings (SSSR count). The molecule has 0 spiro atoms. The summed E-state index contributed by atoms with van der Waals surface area (Å²) in [7, 11) is 1.87. The Bertz CT molecular complexity index is 715. The Labute approximate surface area is 170 Å². The number of nitrogens with one attached hydrogen (secondary N) is 2. The highest BCUT2D eigenvalue weighted by molar-refractivity contribution is 14.0. The van der Waals surface area contributed by atoms with E-state index in [4.69, 9.17) is 4.74 Å². The molecular weight excluding hydrogens is 445 g/mol. The number of aryl methyl sites for hydroxylation is 1. The Balaban J connectivity index is 0.00000243. The van der Waals surface area contributed by atoms with E-state index >= 15 is 0 Å². The van der Waals surface area contributed by atoms with Crippen LogP contribution in [0.4, 0.5) is 0 Å². The quantitative estimate of drug-likeness (QED) is 0.347. The van der Waals surface area contributed by atoms with E-state index in [0.717, 1.165) is 30.5 Å². The van der Waals surface area contributed by atoms with Crippen LogP contribution >= 0.6 is 24.0 Å². The largest absolute Gasteiger partial charge is 0.477 e. The predicted molar refractivity (Wildman–Crippen MR) is 111 cm³/mol. The zero-order valence-electron chi connectivity index (χ0n) is 15.2. The van der Waals surface area contributed by atoms with E-state index in [1.54, 1.807) is 17.2 Å². The van der Waals surface area contributed by atoms with Gasteiger partial charge in [0.1, 0.15) is 12.2 Å². The molecule has 0 unspecified atom stereocenters. The van der Waals surface area contributed by atoms with Crippen LogP contribution in [0.25, 0.3) is 0 Å². The van der Waals surface area contributed by atoms with Crippen LogP contribution in [0.2, 0.25) is 0 Å². The van der Waals surface area contributed by atoms with Crippen LogP contribution in [0.15, 0.2) is 29.6 Å². The molecule has 9 heteroatoms. The maximum absolute atomic E-state index is 5.73. The smallest absolute Gasteiger partial charge is 0.213 e. The number of aromatic nitrogens is 4. The average molecular weight is 471 g/mol. The minimum atomic E-state index is 0. The maximum atomic E-state index is 5.73. The van der Waals surface area contributed by atoms with Crippen molar-refractivity contribution in [2.45, 2.75) is 32.9 Å². The highest BCUT2D eigenvalue weighted by Crippen LogP contribution is 2.29. The van der Waals surface area contributed by atoms with Gasteiger partial charge in [0.25, 0.3) is 0 Å². The number of hydrogen-bond acceptors (Lipinski definition) is 5. The number of hydrogen-bond donors (Lipinski definition) is 2. The number of halogens is 1. The number of ether oxygens (including phenoxy) is 1. The van der Waals surface area contributed by atoms with Gasteiger partial charge in [-0.3, -0.25) is 4.68 Å².